The Morgan fingerprint density at radius 3 is 2.88 bits per heavy atom. The van der Waals surface area contributed by atoms with E-state index >= 15 is 0 Å². The second-order valence-electron chi connectivity index (χ2n) is 4.87. The number of piperidine rings is 1. The quantitative estimate of drug-likeness (QED) is 0.854. The first kappa shape index (κ1) is 10.7. The van der Waals surface area contributed by atoms with Crippen LogP contribution in [0.1, 0.15) is 18.4 Å². The molecule has 1 fully saturated rings. The molecule has 3 nitrogen and oxygen atoms in total. The number of benzene rings is 1. The van der Waals surface area contributed by atoms with Crippen molar-refractivity contribution >= 4 is 10.8 Å². The van der Waals surface area contributed by atoms with Gasteiger partial charge in [0.1, 0.15) is 0 Å². The van der Waals surface area contributed by atoms with Crippen molar-refractivity contribution in [1.82, 2.24) is 15.5 Å². The van der Waals surface area contributed by atoms with Crippen LogP contribution in [0.2, 0.25) is 0 Å². The molecule has 3 rings (SSSR count). The lowest BCUT2D eigenvalue weighted by molar-refractivity contribution is 0.376. The van der Waals surface area contributed by atoms with Crippen LogP contribution in [0.15, 0.2) is 30.6 Å². The van der Waals surface area contributed by atoms with Crippen LogP contribution in [0, 0.1) is 5.92 Å². The van der Waals surface area contributed by atoms with Gasteiger partial charge in [0.2, 0.25) is 0 Å². The van der Waals surface area contributed by atoms with Gasteiger partial charge in [-0.15, -0.1) is 0 Å². The summed E-state index contributed by atoms with van der Waals surface area (Å²) >= 11 is 0. The molecule has 3 heteroatoms. The lowest BCUT2D eigenvalue weighted by atomic mass is 9.92. The van der Waals surface area contributed by atoms with Crippen molar-refractivity contribution in [3.63, 3.8) is 0 Å². The molecule has 0 radical (unpaired) electrons. The molecule has 17 heavy (non-hydrogen) atoms. The zero-order valence-corrected chi connectivity index (χ0v) is 9.89. The number of aromatic nitrogens is 2. The van der Waals surface area contributed by atoms with Crippen molar-refractivity contribution in [2.75, 3.05) is 13.1 Å². The molecule has 1 unspecified atom stereocenters. The molecule has 0 saturated carbocycles. The van der Waals surface area contributed by atoms with E-state index in [0.717, 1.165) is 12.5 Å². The average Bonchev–Trinajstić information content (AvgIpc) is 2.40. The number of rotatable bonds is 2. The zero-order chi connectivity index (χ0) is 11.5. The van der Waals surface area contributed by atoms with Gasteiger partial charge in [0.15, 0.2) is 0 Å². The average molecular weight is 227 g/mol. The van der Waals surface area contributed by atoms with Crippen molar-refractivity contribution in [3.05, 3.63) is 36.2 Å². The number of fused-ring (bicyclic) bond motifs is 1. The highest BCUT2D eigenvalue weighted by Gasteiger charge is 2.13. The van der Waals surface area contributed by atoms with Crippen molar-refractivity contribution in [3.8, 4) is 0 Å². The molecule has 2 heterocycles. The van der Waals surface area contributed by atoms with Gasteiger partial charge in [0.25, 0.3) is 0 Å². The maximum atomic E-state index is 3.94. The Bertz CT molecular complexity index is 504. The van der Waals surface area contributed by atoms with Gasteiger partial charge in [-0.1, -0.05) is 12.1 Å². The van der Waals surface area contributed by atoms with Gasteiger partial charge in [-0.05, 0) is 49.9 Å². The highest BCUT2D eigenvalue weighted by molar-refractivity contribution is 5.81. The summed E-state index contributed by atoms with van der Waals surface area (Å²) < 4.78 is 0. The van der Waals surface area contributed by atoms with Crippen LogP contribution in [-0.4, -0.2) is 23.3 Å². The molecule has 1 aliphatic rings. The van der Waals surface area contributed by atoms with Gasteiger partial charge < -0.3 is 5.32 Å². The molecule has 2 aromatic rings. The maximum Gasteiger partial charge on any atom is 0.0574 e. The molecule has 1 atom stereocenters. The summed E-state index contributed by atoms with van der Waals surface area (Å²) in [6.45, 7) is 2.34. The Labute approximate surface area is 101 Å². The topological polar surface area (TPSA) is 37.8 Å². The third-order valence-electron chi connectivity index (χ3n) is 3.53. The fourth-order valence-electron chi connectivity index (χ4n) is 2.60. The van der Waals surface area contributed by atoms with Gasteiger partial charge in [-0.25, -0.2) is 0 Å². The number of nitrogens with one attached hydrogen (secondary N) is 1. The van der Waals surface area contributed by atoms with Gasteiger partial charge in [0, 0.05) is 10.8 Å². The minimum Gasteiger partial charge on any atom is -0.316 e. The molecule has 88 valence electrons. The lowest BCUT2D eigenvalue weighted by Gasteiger charge is -2.22. The van der Waals surface area contributed by atoms with Crippen LogP contribution in [-0.2, 0) is 6.42 Å². The van der Waals surface area contributed by atoms with Crippen molar-refractivity contribution < 1.29 is 0 Å². The van der Waals surface area contributed by atoms with E-state index in [1.807, 2.05) is 12.4 Å². The molecule has 1 aromatic carbocycles. The van der Waals surface area contributed by atoms with Gasteiger partial charge in [0.05, 0.1) is 12.4 Å². The maximum absolute atomic E-state index is 3.94. The molecule has 1 saturated heterocycles. The lowest BCUT2D eigenvalue weighted by Crippen LogP contribution is -2.30. The van der Waals surface area contributed by atoms with Crippen LogP contribution in [0.5, 0.6) is 0 Å². The van der Waals surface area contributed by atoms with E-state index in [-0.39, 0.29) is 0 Å². The molecule has 1 aliphatic heterocycles. The molecule has 1 N–H and O–H groups in total. The molecular formula is C14H17N3. The summed E-state index contributed by atoms with van der Waals surface area (Å²) in [7, 11) is 0. The first-order chi connectivity index (χ1) is 8.42. The van der Waals surface area contributed by atoms with Crippen molar-refractivity contribution in [2.24, 2.45) is 5.92 Å². The Morgan fingerprint density at radius 1 is 1.18 bits per heavy atom. The van der Waals surface area contributed by atoms with Crippen molar-refractivity contribution in [1.29, 1.82) is 0 Å². The molecule has 0 aliphatic carbocycles. The van der Waals surface area contributed by atoms with Crippen molar-refractivity contribution in [2.45, 2.75) is 19.3 Å². The third-order valence-corrected chi connectivity index (χ3v) is 3.53. The largest absolute Gasteiger partial charge is 0.316 e. The Morgan fingerprint density at radius 2 is 2.06 bits per heavy atom. The molecular weight excluding hydrogens is 210 g/mol. The van der Waals surface area contributed by atoms with Crippen LogP contribution >= 0.6 is 0 Å². The number of hydrogen-bond acceptors (Lipinski definition) is 3. The van der Waals surface area contributed by atoms with Gasteiger partial charge >= 0.3 is 0 Å². The minimum atomic E-state index is 0.788. The predicted molar refractivity (Wildman–Crippen MR) is 68.8 cm³/mol. The van der Waals surface area contributed by atoms with Crippen LogP contribution in [0.4, 0.5) is 0 Å². The summed E-state index contributed by atoms with van der Waals surface area (Å²) in [6, 6.07) is 6.62. The molecule has 0 bridgehead atoms. The Hall–Kier alpha value is -1.48. The second-order valence-corrected chi connectivity index (χ2v) is 4.87. The predicted octanol–water partition coefficient (Wildman–Crippen LogP) is 2.17. The molecule has 1 aromatic heterocycles. The molecule has 0 amide bonds. The fourth-order valence-corrected chi connectivity index (χ4v) is 2.60. The monoisotopic (exact) mass is 227 g/mol. The Kier molecular flexibility index (Phi) is 3.01. The van der Waals surface area contributed by atoms with E-state index in [9.17, 15) is 0 Å². The molecule has 0 spiro atoms. The standard InChI is InChI=1S/C14H17N3/c1-2-12(8-15-5-1)6-11-3-4-13-9-16-17-10-14(13)7-11/h3-4,7,9-10,12,15H,1-2,5-6,8H2. The summed E-state index contributed by atoms with van der Waals surface area (Å²) in [5.41, 5.74) is 1.42. The van der Waals surface area contributed by atoms with Crippen LogP contribution < -0.4 is 5.32 Å². The normalized spacial score (nSPS) is 20.6. The van der Waals surface area contributed by atoms with Crippen LogP contribution in [0.3, 0.4) is 0 Å². The minimum absolute atomic E-state index is 0.788. The van der Waals surface area contributed by atoms with Gasteiger partial charge in [-0.3, -0.25) is 0 Å². The van der Waals surface area contributed by atoms with E-state index in [4.69, 9.17) is 0 Å². The van der Waals surface area contributed by atoms with E-state index in [2.05, 4.69) is 33.7 Å². The highest BCUT2D eigenvalue weighted by Crippen LogP contribution is 2.19. The highest BCUT2D eigenvalue weighted by atomic mass is 15.1. The summed E-state index contributed by atoms with van der Waals surface area (Å²) in [4.78, 5) is 0. The van der Waals surface area contributed by atoms with E-state index < -0.39 is 0 Å². The summed E-state index contributed by atoms with van der Waals surface area (Å²) in [5.74, 6) is 0.788. The first-order valence-electron chi connectivity index (χ1n) is 6.32. The number of hydrogen-bond donors (Lipinski definition) is 1. The smallest absolute Gasteiger partial charge is 0.0574 e. The first-order valence-corrected chi connectivity index (χ1v) is 6.32. The van der Waals surface area contributed by atoms with E-state index in [1.165, 1.54) is 42.1 Å². The third kappa shape index (κ3) is 2.44. The van der Waals surface area contributed by atoms with Crippen LogP contribution in [0.25, 0.3) is 10.8 Å². The van der Waals surface area contributed by atoms with E-state index in [0.29, 0.717) is 0 Å². The zero-order valence-electron chi connectivity index (χ0n) is 9.89. The fraction of sp³-hybridized carbons (Fsp3) is 0.429. The van der Waals surface area contributed by atoms with E-state index in [1.54, 1.807) is 0 Å². The number of nitrogens with zero attached hydrogens (tertiary/aromatic N) is 2. The second kappa shape index (κ2) is 4.80. The van der Waals surface area contributed by atoms with Gasteiger partial charge in [-0.2, -0.15) is 10.2 Å². The SMILES string of the molecule is c1cc2cnncc2cc1CC1CCCNC1. The summed E-state index contributed by atoms with van der Waals surface area (Å²) in [5, 5.41) is 13.7. The summed E-state index contributed by atoms with van der Waals surface area (Å²) in [6.07, 6.45) is 7.49. The Balaban J connectivity index is 1.80.